The molecule has 0 spiro atoms. The summed E-state index contributed by atoms with van der Waals surface area (Å²) in [5.41, 5.74) is 0.284. The number of pyridine rings is 1. The lowest BCUT2D eigenvalue weighted by Gasteiger charge is -2.24. The predicted molar refractivity (Wildman–Crippen MR) is 95.9 cm³/mol. The summed E-state index contributed by atoms with van der Waals surface area (Å²) >= 11 is 7.13. The molecular formula is C18H16ClN3O4S. The second-order valence-electron chi connectivity index (χ2n) is 6.47. The molecule has 140 valence electrons. The third-order valence-electron chi connectivity index (χ3n) is 4.72. The maximum absolute atomic E-state index is 12.8. The monoisotopic (exact) mass is 405 g/mol. The molecule has 3 aromatic heterocycles. The van der Waals surface area contributed by atoms with Gasteiger partial charge in [0.2, 0.25) is 5.69 Å². The number of ketones is 1. The van der Waals surface area contributed by atoms with E-state index in [1.54, 1.807) is 30.6 Å². The number of imidazole rings is 1. The first kappa shape index (κ1) is 17.9. The molecule has 0 radical (unpaired) electrons. The summed E-state index contributed by atoms with van der Waals surface area (Å²) in [5.74, 6) is -2.16. The van der Waals surface area contributed by atoms with Gasteiger partial charge < -0.3 is 9.84 Å². The zero-order valence-electron chi connectivity index (χ0n) is 14.3. The van der Waals surface area contributed by atoms with E-state index in [0.717, 1.165) is 24.1 Å². The normalized spacial score (nSPS) is 14.3. The van der Waals surface area contributed by atoms with Crippen molar-refractivity contribution in [1.29, 1.82) is 0 Å². The first-order chi connectivity index (χ1) is 13.0. The minimum Gasteiger partial charge on any atom is -0.839 e. The van der Waals surface area contributed by atoms with Crippen LogP contribution in [0.4, 0.5) is 0 Å². The molecule has 1 fully saturated rings. The third-order valence-corrected chi connectivity index (χ3v) is 5.82. The van der Waals surface area contributed by atoms with Gasteiger partial charge in [0.25, 0.3) is 5.65 Å². The summed E-state index contributed by atoms with van der Waals surface area (Å²) in [6, 6.07) is 5.15. The fraction of sp³-hybridized carbons (Fsp3) is 0.333. The molecule has 0 amide bonds. The van der Waals surface area contributed by atoms with Crippen molar-refractivity contribution in [3.63, 3.8) is 0 Å². The molecule has 9 heteroatoms. The number of nitrogens with zero attached hydrogens (tertiary/aromatic N) is 3. The number of aromatic nitrogens is 3. The van der Waals surface area contributed by atoms with Gasteiger partial charge in [0.05, 0.1) is 17.7 Å². The summed E-state index contributed by atoms with van der Waals surface area (Å²) in [6.45, 7) is 0.424. The number of carbonyl (C=O) groups is 2. The van der Waals surface area contributed by atoms with Crippen molar-refractivity contribution in [1.82, 2.24) is 9.55 Å². The second-order valence-corrected chi connectivity index (χ2v) is 8.17. The zero-order chi connectivity index (χ0) is 19.0. The number of rotatable bonds is 6. The number of carbonyl (C=O) groups excluding carboxylic acids is 2. The van der Waals surface area contributed by atoms with Crippen LogP contribution >= 0.6 is 22.9 Å². The van der Waals surface area contributed by atoms with Crippen LogP contribution in [0.15, 0.2) is 30.6 Å². The van der Waals surface area contributed by atoms with Crippen LogP contribution in [0, 0.1) is 5.92 Å². The molecule has 0 atom stereocenters. The average Bonchev–Trinajstić information content (AvgIpc) is 3.15. The van der Waals surface area contributed by atoms with Crippen LogP contribution in [-0.4, -0.2) is 27.9 Å². The number of esters is 1. The highest BCUT2D eigenvalue weighted by atomic mass is 35.5. The van der Waals surface area contributed by atoms with Gasteiger partial charge in [0, 0.05) is 12.3 Å². The van der Waals surface area contributed by atoms with Crippen molar-refractivity contribution >= 4 is 40.3 Å². The molecule has 3 heterocycles. The lowest BCUT2D eigenvalue weighted by Crippen LogP contribution is -2.27. The minimum atomic E-state index is -0.994. The maximum Gasteiger partial charge on any atom is 0.383 e. The Morgan fingerprint density at radius 2 is 2.22 bits per heavy atom. The first-order valence-electron chi connectivity index (χ1n) is 8.56. The van der Waals surface area contributed by atoms with Crippen molar-refractivity contribution in [2.75, 3.05) is 6.61 Å². The van der Waals surface area contributed by atoms with Gasteiger partial charge in [-0.25, -0.2) is 18.7 Å². The molecule has 4 rings (SSSR count). The SMILES string of the molecule is O=C(OCC1CCC1)C(=O)c1c([O-])[n+]2ccccc2n1Cc1cnc(Cl)s1. The fourth-order valence-electron chi connectivity index (χ4n) is 3.08. The van der Waals surface area contributed by atoms with E-state index in [1.807, 2.05) is 0 Å². The van der Waals surface area contributed by atoms with Crippen LogP contribution in [0.25, 0.3) is 5.65 Å². The van der Waals surface area contributed by atoms with Crippen molar-refractivity contribution in [3.05, 3.63) is 45.6 Å². The molecule has 0 N–H and O–H groups in total. The number of thiazole rings is 1. The molecule has 1 aliphatic carbocycles. The van der Waals surface area contributed by atoms with Crippen LogP contribution in [0.5, 0.6) is 5.88 Å². The Morgan fingerprint density at radius 1 is 1.41 bits per heavy atom. The van der Waals surface area contributed by atoms with Gasteiger partial charge in [0.1, 0.15) is 12.4 Å². The van der Waals surface area contributed by atoms with Crippen molar-refractivity contribution in [2.45, 2.75) is 25.8 Å². The van der Waals surface area contributed by atoms with Gasteiger partial charge in [-0.2, -0.15) is 0 Å². The molecule has 7 nitrogen and oxygen atoms in total. The van der Waals surface area contributed by atoms with Crippen LogP contribution in [0.3, 0.4) is 0 Å². The summed E-state index contributed by atoms with van der Waals surface area (Å²) in [5, 5.41) is 12.8. The van der Waals surface area contributed by atoms with Crippen molar-refractivity contribution in [2.24, 2.45) is 5.92 Å². The molecule has 0 bridgehead atoms. The Balaban J connectivity index is 1.69. The number of halogens is 1. The number of Topliss-reactive ketones (excluding diaryl/α,β-unsaturated/α-hetero) is 1. The molecule has 0 aliphatic heterocycles. The van der Waals surface area contributed by atoms with Gasteiger partial charge in [-0.15, -0.1) is 11.3 Å². The average molecular weight is 406 g/mol. The summed E-state index contributed by atoms with van der Waals surface area (Å²) in [7, 11) is 0. The Labute approximate surface area is 163 Å². The van der Waals surface area contributed by atoms with Crippen molar-refractivity contribution < 1.29 is 23.8 Å². The van der Waals surface area contributed by atoms with E-state index in [9.17, 15) is 14.7 Å². The van der Waals surface area contributed by atoms with Gasteiger partial charge in [-0.3, -0.25) is 4.79 Å². The van der Waals surface area contributed by atoms with E-state index in [1.165, 1.54) is 20.3 Å². The molecule has 27 heavy (non-hydrogen) atoms. The Hall–Kier alpha value is -2.45. The topological polar surface area (TPSA) is 88.4 Å². The number of hydrogen-bond donors (Lipinski definition) is 0. The largest absolute Gasteiger partial charge is 0.839 e. The van der Waals surface area contributed by atoms with Crippen LogP contribution in [0.1, 0.15) is 34.6 Å². The van der Waals surface area contributed by atoms with E-state index < -0.39 is 17.6 Å². The van der Waals surface area contributed by atoms with Gasteiger partial charge in [0.15, 0.2) is 4.47 Å². The molecule has 0 aromatic carbocycles. The van der Waals surface area contributed by atoms with Crippen LogP contribution in [-0.2, 0) is 16.1 Å². The van der Waals surface area contributed by atoms with Gasteiger partial charge in [-0.1, -0.05) is 24.1 Å². The van der Waals surface area contributed by atoms with E-state index in [0.29, 0.717) is 16.0 Å². The molecule has 1 aliphatic rings. The number of ether oxygens (including phenoxy) is 1. The third kappa shape index (κ3) is 3.42. The van der Waals surface area contributed by atoms with Crippen LogP contribution in [0.2, 0.25) is 4.47 Å². The lowest BCUT2D eigenvalue weighted by atomic mass is 9.86. The Kier molecular flexibility index (Phi) is 4.84. The molecular weight excluding hydrogens is 390 g/mol. The van der Waals surface area contributed by atoms with E-state index >= 15 is 0 Å². The van der Waals surface area contributed by atoms with E-state index in [-0.39, 0.29) is 18.8 Å². The number of hydrogen-bond acceptors (Lipinski definition) is 6. The highest BCUT2D eigenvalue weighted by molar-refractivity contribution is 7.15. The Bertz CT molecular complexity index is 1020. The Morgan fingerprint density at radius 3 is 2.89 bits per heavy atom. The highest BCUT2D eigenvalue weighted by Gasteiger charge is 2.32. The number of fused-ring (bicyclic) bond motifs is 1. The summed E-state index contributed by atoms with van der Waals surface area (Å²) in [4.78, 5) is 29.7. The second kappa shape index (κ2) is 7.28. The smallest absolute Gasteiger partial charge is 0.383 e. The minimum absolute atomic E-state index is 0.205. The quantitative estimate of drug-likeness (QED) is 0.271. The molecule has 1 saturated carbocycles. The summed E-state index contributed by atoms with van der Waals surface area (Å²) < 4.78 is 8.36. The maximum atomic E-state index is 12.8. The van der Waals surface area contributed by atoms with Crippen molar-refractivity contribution in [3.8, 4) is 5.88 Å². The van der Waals surface area contributed by atoms with Gasteiger partial charge >= 0.3 is 11.8 Å². The predicted octanol–water partition coefficient (Wildman–Crippen LogP) is 1.98. The lowest BCUT2D eigenvalue weighted by molar-refractivity contribution is -0.582. The van der Waals surface area contributed by atoms with Gasteiger partial charge in [-0.05, 0) is 24.8 Å². The first-order valence-corrected chi connectivity index (χ1v) is 9.75. The zero-order valence-corrected chi connectivity index (χ0v) is 15.8. The molecule has 3 aromatic rings. The summed E-state index contributed by atoms with van der Waals surface area (Å²) in [6.07, 6.45) is 6.25. The fourth-order valence-corrected chi connectivity index (χ4v) is 4.04. The molecule has 0 saturated heterocycles. The molecule has 0 unspecified atom stereocenters. The highest BCUT2D eigenvalue weighted by Crippen LogP contribution is 2.27. The standard InChI is InChI=1S/C18H16ClN3O4S/c19-18-20-8-12(27-18)9-22-13-6-1-2-7-21(13)16(24)14(22)15(23)17(25)26-10-11-4-3-5-11/h1-2,6-8,11H,3-5,9-10H2. The van der Waals surface area contributed by atoms with E-state index in [2.05, 4.69) is 4.98 Å². The van der Waals surface area contributed by atoms with E-state index in [4.69, 9.17) is 16.3 Å². The van der Waals surface area contributed by atoms with Crippen LogP contribution < -0.4 is 9.51 Å².